The zero-order valence-electron chi connectivity index (χ0n) is 13.6. The van der Waals surface area contributed by atoms with Crippen molar-refractivity contribution in [3.63, 3.8) is 0 Å². The van der Waals surface area contributed by atoms with Gasteiger partial charge in [-0.15, -0.1) is 0 Å². The average Bonchev–Trinajstić information content (AvgIpc) is 2.36. The van der Waals surface area contributed by atoms with E-state index in [0.29, 0.717) is 6.61 Å². The van der Waals surface area contributed by atoms with Crippen LogP contribution >= 0.6 is 0 Å². The van der Waals surface area contributed by atoms with Crippen LogP contribution < -0.4 is 10.6 Å². The van der Waals surface area contributed by atoms with Crippen LogP contribution in [0.25, 0.3) is 0 Å². The Morgan fingerprint density at radius 3 is 2.43 bits per heavy atom. The van der Waals surface area contributed by atoms with Crippen LogP contribution in [0, 0.1) is 11.3 Å². The third-order valence-electron chi connectivity index (χ3n) is 4.37. The number of amides is 2. The van der Waals surface area contributed by atoms with E-state index in [2.05, 4.69) is 24.5 Å². The first-order valence-corrected chi connectivity index (χ1v) is 7.58. The number of hydrogen-bond donors (Lipinski definition) is 3. The lowest BCUT2D eigenvalue weighted by atomic mass is 9.64. The van der Waals surface area contributed by atoms with E-state index in [1.165, 1.54) is 0 Å². The first-order valence-electron chi connectivity index (χ1n) is 7.58. The summed E-state index contributed by atoms with van der Waals surface area (Å²) in [6.07, 6.45) is 0.882. The summed E-state index contributed by atoms with van der Waals surface area (Å²) in [6.45, 7) is 10.6. The Bertz CT molecular complexity index is 382. The van der Waals surface area contributed by atoms with Gasteiger partial charge in [0, 0.05) is 24.1 Å². The normalized spacial score (nSPS) is 25.0. The van der Waals surface area contributed by atoms with Gasteiger partial charge in [-0.3, -0.25) is 4.79 Å². The molecule has 1 aliphatic carbocycles. The average molecular weight is 300 g/mol. The van der Waals surface area contributed by atoms with Crippen LogP contribution in [-0.4, -0.2) is 41.9 Å². The minimum Gasteiger partial charge on any atom is -0.481 e. The van der Waals surface area contributed by atoms with Gasteiger partial charge in [-0.25, -0.2) is 4.79 Å². The molecule has 1 saturated carbocycles. The molecule has 3 atom stereocenters. The monoisotopic (exact) mass is 300 g/mol. The molecule has 0 spiro atoms. The van der Waals surface area contributed by atoms with E-state index in [1.54, 1.807) is 0 Å². The molecular formula is C15H28N2O4. The van der Waals surface area contributed by atoms with Crippen LogP contribution in [-0.2, 0) is 9.53 Å². The van der Waals surface area contributed by atoms with Gasteiger partial charge in [0.1, 0.15) is 0 Å². The maximum absolute atomic E-state index is 12.0. The topological polar surface area (TPSA) is 87.7 Å². The number of rotatable bonds is 7. The largest absolute Gasteiger partial charge is 0.481 e. The fraction of sp³-hybridized carbons (Fsp3) is 0.867. The lowest BCUT2D eigenvalue weighted by Gasteiger charge is -2.51. The van der Waals surface area contributed by atoms with Gasteiger partial charge in [0.25, 0.3) is 0 Å². The Balaban J connectivity index is 2.48. The molecular weight excluding hydrogens is 272 g/mol. The Morgan fingerprint density at radius 2 is 2.00 bits per heavy atom. The number of ether oxygens (including phenoxy) is 1. The summed E-state index contributed by atoms with van der Waals surface area (Å²) in [5, 5.41) is 14.6. The molecule has 0 bridgehead atoms. The standard InChI is InChI=1S/C15H28N2O4/c1-6-21-12-8-11(15(12,4)5)17-14(20)16-10(9(2)3)7-13(18)19/h9-12H,6-8H2,1-5H3,(H,18,19)(H2,16,17,20). The molecule has 2 amide bonds. The highest BCUT2D eigenvalue weighted by Crippen LogP contribution is 2.42. The Morgan fingerprint density at radius 1 is 1.38 bits per heavy atom. The highest BCUT2D eigenvalue weighted by molar-refractivity contribution is 5.76. The highest BCUT2D eigenvalue weighted by Gasteiger charge is 2.49. The van der Waals surface area contributed by atoms with Gasteiger partial charge in [-0.2, -0.15) is 0 Å². The first-order chi connectivity index (χ1) is 9.68. The molecule has 6 heteroatoms. The number of carboxylic acids is 1. The number of urea groups is 1. The smallest absolute Gasteiger partial charge is 0.315 e. The zero-order chi connectivity index (χ0) is 16.2. The molecule has 0 saturated heterocycles. The number of aliphatic carboxylic acids is 1. The van der Waals surface area contributed by atoms with Crippen LogP contribution in [0.1, 0.15) is 47.5 Å². The molecule has 0 aromatic rings. The molecule has 0 radical (unpaired) electrons. The molecule has 3 unspecified atom stereocenters. The van der Waals surface area contributed by atoms with E-state index < -0.39 is 5.97 Å². The van der Waals surface area contributed by atoms with Gasteiger partial charge in [0.15, 0.2) is 0 Å². The summed E-state index contributed by atoms with van der Waals surface area (Å²) in [7, 11) is 0. The maximum atomic E-state index is 12.0. The van der Waals surface area contributed by atoms with Crippen LogP contribution in [0.15, 0.2) is 0 Å². The van der Waals surface area contributed by atoms with E-state index >= 15 is 0 Å². The van der Waals surface area contributed by atoms with Crippen molar-refractivity contribution in [1.82, 2.24) is 10.6 Å². The summed E-state index contributed by atoms with van der Waals surface area (Å²) in [4.78, 5) is 22.9. The minimum atomic E-state index is -0.908. The summed E-state index contributed by atoms with van der Waals surface area (Å²) < 4.78 is 5.63. The van der Waals surface area contributed by atoms with E-state index in [9.17, 15) is 9.59 Å². The second kappa shape index (κ2) is 7.11. The molecule has 6 nitrogen and oxygen atoms in total. The van der Waals surface area contributed by atoms with Crippen LogP contribution in [0.4, 0.5) is 4.79 Å². The van der Waals surface area contributed by atoms with Crippen molar-refractivity contribution in [3.05, 3.63) is 0 Å². The van der Waals surface area contributed by atoms with Gasteiger partial charge in [0.05, 0.1) is 12.5 Å². The third kappa shape index (κ3) is 4.59. The second-order valence-corrected chi connectivity index (χ2v) is 6.62. The molecule has 0 aromatic heterocycles. The SMILES string of the molecule is CCOC1CC(NC(=O)NC(CC(=O)O)C(C)C)C1(C)C. The van der Waals surface area contributed by atoms with E-state index in [-0.39, 0.29) is 42.0 Å². The lowest BCUT2D eigenvalue weighted by Crippen LogP contribution is -2.64. The van der Waals surface area contributed by atoms with Gasteiger partial charge < -0.3 is 20.5 Å². The predicted molar refractivity (Wildman–Crippen MR) is 80.1 cm³/mol. The molecule has 0 aliphatic heterocycles. The van der Waals surface area contributed by atoms with Crippen molar-refractivity contribution in [3.8, 4) is 0 Å². The predicted octanol–water partition coefficient (Wildman–Crippen LogP) is 1.99. The Hall–Kier alpha value is -1.30. The number of nitrogens with one attached hydrogen (secondary N) is 2. The van der Waals surface area contributed by atoms with Crippen molar-refractivity contribution in [2.24, 2.45) is 11.3 Å². The number of carbonyl (C=O) groups is 2. The van der Waals surface area contributed by atoms with Crippen LogP contribution in [0.2, 0.25) is 0 Å². The summed E-state index contributed by atoms with van der Waals surface area (Å²) in [6, 6.07) is -0.622. The van der Waals surface area contributed by atoms with Crippen molar-refractivity contribution in [1.29, 1.82) is 0 Å². The Kier molecular flexibility index (Phi) is 6.01. The lowest BCUT2D eigenvalue weighted by molar-refractivity contribution is -0.137. The molecule has 1 rings (SSSR count). The van der Waals surface area contributed by atoms with Gasteiger partial charge in [-0.05, 0) is 19.3 Å². The molecule has 1 aliphatic rings. The maximum Gasteiger partial charge on any atom is 0.315 e. The van der Waals surface area contributed by atoms with E-state index in [0.717, 1.165) is 6.42 Å². The summed E-state index contributed by atoms with van der Waals surface area (Å²) in [5.41, 5.74) is -0.104. The van der Waals surface area contributed by atoms with E-state index in [4.69, 9.17) is 9.84 Å². The fourth-order valence-electron chi connectivity index (χ4n) is 2.62. The minimum absolute atomic E-state index is 0.0479. The number of carbonyl (C=O) groups excluding carboxylic acids is 1. The molecule has 122 valence electrons. The van der Waals surface area contributed by atoms with Crippen molar-refractivity contribution < 1.29 is 19.4 Å². The molecule has 1 fully saturated rings. The molecule has 0 heterocycles. The second-order valence-electron chi connectivity index (χ2n) is 6.62. The fourth-order valence-corrected chi connectivity index (χ4v) is 2.62. The molecule has 3 N–H and O–H groups in total. The number of hydrogen-bond acceptors (Lipinski definition) is 3. The van der Waals surface area contributed by atoms with Gasteiger partial charge in [0.2, 0.25) is 0 Å². The third-order valence-corrected chi connectivity index (χ3v) is 4.37. The van der Waals surface area contributed by atoms with E-state index in [1.807, 2.05) is 20.8 Å². The van der Waals surface area contributed by atoms with Crippen molar-refractivity contribution >= 4 is 12.0 Å². The summed E-state index contributed by atoms with van der Waals surface area (Å²) in [5.74, 6) is -0.841. The molecule has 21 heavy (non-hydrogen) atoms. The van der Waals surface area contributed by atoms with Crippen LogP contribution in [0.5, 0.6) is 0 Å². The number of carboxylic acid groups (broad SMARTS) is 1. The summed E-state index contributed by atoms with van der Waals surface area (Å²) >= 11 is 0. The van der Waals surface area contributed by atoms with Crippen molar-refractivity contribution in [2.45, 2.75) is 65.6 Å². The quantitative estimate of drug-likeness (QED) is 0.671. The molecule has 0 aromatic carbocycles. The van der Waals surface area contributed by atoms with Crippen molar-refractivity contribution in [2.75, 3.05) is 6.61 Å². The van der Waals surface area contributed by atoms with Crippen LogP contribution in [0.3, 0.4) is 0 Å². The first kappa shape index (κ1) is 17.8. The Labute approximate surface area is 126 Å². The van der Waals surface area contributed by atoms with Gasteiger partial charge in [-0.1, -0.05) is 27.7 Å². The van der Waals surface area contributed by atoms with Gasteiger partial charge >= 0.3 is 12.0 Å². The zero-order valence-corrected chi connectivity index (χ0v) is 13.6. The highest BCUT2D eigenvalue weighted by atomic mass is 16.5.